The number of hydrogen-bond donors (Lipinski definition) is 1. The first kappa shape index (κ1) is 19.7. The van der Waals surface area contributed by atoms with E-state index < -0.39 is 11.7 Å². The molecule has 0 aliphatic heterocycles. The number of nitrogens with two attached hydrogens (primary N) is 1. The van der Waals surface area contributed by atoms with Crippen LogP contribution in [-0.4, -0.2) is 19.4 Å². The van der Waals surface area contributed by atoms with Gasteiger partial charge in [-0.2, -0.15) is 13.2 Å². The third-order valence-electron chi connectivity index (χ3n) is 3.02. The van der Waals surface area contributed by atoms with Crippen LogP contribution in [0.25, 0.3) is 0 Å². The third kappa shape index (κ3) is 6.83. The number of carbonyl (C=O) groups excluding carboxylic acids is 1. The Morgan fingerprint density at radius 1 is 1.12 bits per heavy atom. The molecule has 0 aromatic heterocycles. The molecule has 0 aliphatic carbocycles. The quantitative estimate of drug-likeness (QED) is 0.834. The molecule has 0 saturated carbocycles. The van der Waals surface area contributed by atoms with Crippen LogP contribution in [0.2, 0.25) is 0 Å². The summed E-state index contributed by atoms with van der Waals surface area (Å²) in [5.41, 5.74) is 5.92. The van der Waals surface area contributed by atoms with Gasteiger partial charge in [-0.3, -0.25) is 4.79 Å². The van der Waals surface area contributed by atoms with Gasteiger partial charge in [-0.05, 0) is 49.7 Å². The zero-order valence-corrected chi connectivity index (χ0v) is 13.3. The second-order valence-electron chi connectivity index (χ2n) is 4.86. The van der Waals surface area contributed by atoms with Gasteiger partial charge in [-0.25, -0.2) is 0 Å². The maximum atomic E-state index is 12.0. The van der Waals surface area contributed by atoms with Crippen molar-refractivity contribution in [3.63, 3.8) is 0 Å². The Balaban J connectivity index is 0.000000240. The number of alkyl halides is 3. The number of halogens is 3. The van der Waals surface area contributed by atoms with Crippen molar-refractivity contribution in [2.75, 3.05) is 13.2 Å². The van der Waals surface area contributed by atoms with Gasteiger partial charge in [-0.15, -0.1) is 0 Å². The van der Waals surface area contributed by atoms with E-state index in [2.05, 4.69) is 12.1 Å². The van der Waals surface area contributed by atoms with Gasteiger partial charge >= 0.3 is 6.18 Å². The molecule has 3 nitrogen and oxygen atoms in total. The number of rotatable bonds is 5. The molecule has 130 valence electrons. The molecule has 0 radical (unpaired) electrons. The number of aldehydes is 1. The van der Waals surface area contributed by atoms with Crippen molar-refractivity contribution in [3.8, 4) is 5.75 Å². The average molecular weight is 339 g/mol. The Bertz CT molecular complexity index is 600. The molecule has 0 unspecified atom stereocenters. The van der Waals surface area contributed by atoms with Gasteiger partial charge in [0.15, 0.2) is 0 Å². The molecule has 0 aliphatic rings. The van der Waals surface area contributed by atoms with E-state index in [1.54, 1.807) is 0 Å². The van der Waals surface area contributed by atoms with Crippen molar-refractivity contribution in [3.05, 3.63) is 65.2 Å². The van der Waals surface area contributed by atoms with Crippen LogP contribution in [0.15, 0.2) is 48.5 Å². The Labute approximate surface area is 139 Å². The second-order valence-corrected chi connectivity index (χ2v) is 4.86. The minimum absolute atomic E-state index is 0.0322. The molecule has 0 amide bonds. The summed E-state index contributed by atoms with van der Waals surface area (Å²) in [5.74, 6) is 0.929. The fourth-order valence-electron chi connectivity index (χ4n) is 1.87. The smallest absolute Gasteiger partial charge is 0.416 e. The van der Waals surface area contributed by atoms with E-state index in [0.29, 0.717) is 12.8 Å². The zero-order valence-electron chi connectivity index (χ0n) is 13.3. The summed E-state index contributed by atoms with van der Waals surface area (Å²) in [4.78, 5) is 10.1. The standard InChI is InChI=1S/C10H15NO.C8H5F3O/c1-2-12-10-5-3-9(4-6-10)7-8-11;9-8(10,11)7-3-1-2-6(4-7)5-12/h3-6H,2,7-8,11H2,1H3;1-5H. The third-order valence-corrected chi connectivity index (χ3v) is 3.02. The van der Waals surface area contributed by atoms with Crippen molar-refractivity contribution in [1.82, 2.24) is 0 Å². The van der Waals surface area contributed by atoms with Crippen molar-refractivity contribution in [2.45, 2.75) is 19.5 Å². The predicted molar refractivity (Wildman–Crippen MR) is 87.2 cm³/mol. The number of hydrogen-bond acceptors (Lipinski definition) is 3. The van der Waals surface area contributed by atoms with E-state index in [0.717, 1.165) is 30.9 Å². The minimum atomic E-state index is -4.38. The maximum Gasteiger partial charge on any atom is 0.416 e. The lowest BCUT2D eigenvalue weighted by Crippen LogP contribution is -2.04. The fourth-order valence-corrected chi connectivity index (χ4v) is 1.87. The maximum absolute atomic E-state index is 12.0. The Morgan fingerprint density at radius 3 is 2.29 bits per heavy atom. The van der Waals surface area contributed by atoms with Gasteiger partial charge < -0.3 is 10.5 Å². The lowest BCUT2D eigenvalue weighted by molar-refractivity contribution is -0.137. The first-order valence-electron chi connectivity index (χ1n) is 7.45. The molecule has 0 atom stereocenters. The lowest BCUT2D eigenvalue weighted by Gasteiger charge is -2.05. The molecule has 0 saturated heterocycles. The SMILES string of the molecule is CCOc1ccc(CCN)cc1.O=Cc1cccc(C(F)(F)F)c1. The number of ether oxygens (including phenoxy) is 1. The molecule has 6 heteroatoms. The predicted octanol–water partition coefficient (Wildman–Crippen LogP) is 4.10. The highest BCUT2D eigenvalue weighted by molar-refractivity contribution is 5.74. The molecular weight excluding hydrogens is 319 g/mol. The molecule has 0 fully saturated rings. The Hall–Kier alpha value is -2.34. The minimum Gasteiger partial charge on any atom is -0.494 e. The van der Waals surface area contributed by atoms with Crippen LogP contribution in [0.4, 0.5) is 13.2 Å². The fraction of sp³-hybridized carbons (Fsp3) is 0.278. The first-order chi connectivity index (χ1) is 11.4. The number of benzene rings is 2. The van der Waals surface area contributed by atoms with Crippen LogP contribution in [-0.2, 0) is 12.6 Å². The molecule has 2 rings (SSSR count). The molecular formula is C18H20F3NO2. The van der Waals surface area contributed by atoms with Gasteiger partial charge in [0, 0.05) is 5.56 Å². The zero-order chi connectivity index (χ0) is 18.0. The van der Waals surface area contributed by atoms with Gasteiger partial charge in [0.05, 0.1) is 12.2 Å². The van der Waals surface area contributed by atoms with Crippen LogP contribution in [0, 0.1) is 0 Å². The molecule has 2 aromatic rings. The van der Waals surface area contributed by atoms with Crippen LogP contribution in [0.1, 0.15) is 28.4 Å². The lowest BCUT2D eigenvalue weighted by atomic mass is 10.1. The van der Waals surface area contributed by atoms with Gasteiger partial charge in [0.1, 0.15) is 12.0 Å². The summed E-state index contributed by atoms with van der Waals surface area (Å²) in [6.45, 7) is 3.40. The van der Waals surface area contributed by atoms with Crippen molar-refractivity contribution < 1.29 is 22.7 Å². The van der Waals surface area contributed by atoms with Crippen LogP contribution < -0.4 is 10.5 Å². The van der Waals surface area contributed by atoms with Crippen LogP contribution in [0.3, 0.4) is 0 Å². The van der Waals surface area contributed by atoms with E-state index in [4.69, 9.17) is 10.5 Å². The highest BCUT2D eigenvalue weighted by atomic mass is 19.4. The number of carbonyl (C=O) groups is 1. The van der Waals surface area contributed by atoms with E-state index in [1.807, 2.05) is 19.1 Å². The Kier molecular flexibility index (Phi) is 7.98. The molecule has 0 heterocycles. The van der Waals surface area contributed by atoms with Gasteiger partial charge in [-0.1, -0.05) is 24.3 Å². The first-order valence-corrected chi connectivity index (χ1v) is 7.45. The van der Waals surface area contributed by atoms with E-state index in [-0.39, 0.29) is 5.56 Å². The topological polar surface area (TPSA) is 52.3 Å². The summed E-state index contributed by atoms with van der Waals surface area (Å²) in [5, 5.41) is 0. The van der Waals surface area contributed by atoms with Gasteiger partial charge in [0.2, 0.25) is 0 Å². The molecule has 0 bridgehead atoms. The Morgan fingerprint density at radius 2 is 1.79 bits per heavy atom. The van der Waals surface area contributed by atoms with Crippen LogP contribution in [0.5, 0.6) is 5.75 Å². The van der Waals surface area contributed by atoms with E-state index >= 15 is 0 Å². The van der Waals surface area contributed by atoms with E-state index in [1.165, 1.54) is 17.7 Å². The summed E-state index contributed by atoms with van der Waals surface area (Å²) in [6, 6.07) is 12.3. The summed E-state index contributed by atoms with van der Waals surface area (Å²) in [7, 11) is 0. The summed E-state index contributed by atoms with van der Waals surface area (Å²) < 4.78 is 41.3. The molecule has 2 N–H and O–H groups in total. The molecule has 2 aromatic carbocycles. The highest BCUT2D eigenvalue weighted by Crippen LogP contribution is 2.29. The summed E-state index contributed by atoms with van der Waals surface area (Å²) in [6.07, 6.45) is -3.05. The molecule has 24 heavy (non-hydrogen) atoms. The van der Waals surface area contributed by atoms with Gasteiger partial charge in [0.25, 0.3) is 0 Å². The van der Waals surface area contributed by atoms with Crippen LogP contribution >= 0.6 is 0 Å². The van der Waals surface area contributed by atoms with Crippen molar-refractivity contribution in [1.29, 1.82) is 0 Å². The van der Waals surface area contributed by atoms with Crippen molar-refractivity contribution >= 4 is 6.29 Å². The average Bonchev–Trinajstić information content (AvgIpc) is 2.57. The molecule has 0 spiro atoms. The summed E-state index contributed by atoms with van der Waals surface area (Å²) >= 11 is 0. The normalized spacial score (nSPS) is 10.5. The largest absolute Gasteiger partial charge is 0.494 e. The monoisotopic (exact) mass is 339 g/mol. The van der Waals surface area contributed by atoms with Crippen molar-refractivity contribution in [2.24, 2.45) is 5.73 Å². The van der Waals surface area contributed by atoms with E-state index in [9.17, 15) is 18.0 Å². The second kappa shape index (κ2) is 9.72. The highest BCUT2D eigenvalue weighted by Gasteiger charge is 2.30.